The van der Waals surface area contributed by atoms with Crippen molar-refractivity contribution in [1.29, 1.82) is 0 Å². The van der Waals surface area contributed by atoms with E-state index in [1.165, 1.54) is 6.07 Å². The van der Waals surface area contributed by atoms with Crippen LogP contribution in [0.4, 0.5) is 15.8 Å². The molecule has 0 atom stereocenters. The van der Waals surface area contributed by atoms with Crippen LogP contribution in [0.5, 0.6) is 0 Å². The normalized spacial score (nSPS) is 10.6. The van der Waals surface area contributed by atoms with Gasteiger partial charge in [-0.1, -0.05) is 6.92 Å². The van der Waals surface area contributed by atoms with Crippen molar-refractivity contribution in [3.8, 4) is 0 Å². The van der Waals surface area contributed by atoms with Gasteiger partial charge in [-0.05, 0) is 31.9 Å². The summed E-state index contributed by atoms with van der Waals surface area (Å²) in [6.45, 7) is 5.56. The zero-order valence-corrected chi connectivity index (χ0v) is 9.58. The predicted octanol–water partition coefficient (Wildman–Crippen LogP) is 3.12. The minimum Gasteiger partial charge on any atom is -0.377 e. The Morgan fingerprint density at radius 3 is 2.56 bits per heavy atom. The first-order chi connectivity index (χ1) is 7.45. The minimum atomic E-state index is -0.576. The number of nitrogens with zero attached hydrogens (tertiary/aromatic N) is 1. The Kier molecular flexibility index (Phi) is 3.82. The number of hydrogen-bond donors (Lipinski definition) is 1. The average molecular weight is 226 g/mol. The molecule has 0 saturated heterocycles. The highest BCUT2D eigenvalue weighted by molar-refractivity contribution is 5.63. The fraction of sp³-hybridized carbons (Fsp3) is 0.455. The second-order valence-corrected chi connectivity index (χ2v) is 3.87. The average Bonchev–Trinajstić information content (AvgIpc) is 2.19. The van der Waals surface area contributed by atoms with Gasteiger partial charge < -0.3 is 5.32 Å². The molecular formula is C11H15FN2O2. The lowest BCUT2D eigenvalue weighted by atomic mass is 10.1. The molecule has 16 heavy (non-hydrogen) atoms. The first-order valence-corrected chi connectivity index (χ1v) is 5.19. The van der Waals surface area contributed by atoms with Crippen LogP contribution in [-0.2, 0) is 6.42 Å². The van der Waals surface area contributed by atoms with Crippen LogP contribution in [0.25, 0.3) is 0 Å². The van der Waals surface area contributed by atoms with Crippen molar-refractivity contribution in [3.63, 3.8) is 0 Å². The van der Waals surface area contributed by atoms with E-state index < -0.39 is 10.7 Å². The molecule has 1 rings (SSSR count). The molecule has 0 aliphatic carbocycles. The van der Waals surface area contributed by atoms with Gasteiger partial charge >= 0.3 is 0 Å². The van der Waals surface area contributed by atoms with E-state index in [9.17, 15) is 14.5 Å². The minimum absolute atomic E-state index is 0.0638. The number of benzene rings is 1. The number of halogens is 1. The molecule has 0 bridgehead atoms. The molecule has 5 heteroatoms. The standard InChI is InChI=1S/C11H15FN2O2/c1-4-8-5-10(13-7(2)3)11(14(15)16)6-9(8)12/h5-7,13H,4H2,1-3H3. The van der Waals surface area contributed by atoms with Gasteiger partial charge in [0.15, 0.2) is 0 Å². The second kappa shape index (κ2) is 4.92. The zero-order chi connectivity index (χ0) is 12.3. The quantitative estimate of drug-likeness (QED) is 0.634. The molecule has 4 nitrogen and oxygen atoms in total. The molecule has 1 aromatic rings. The molecule has 88 valence electrons. The molecule has 0 spiro atoms. The molecule has 0 aliphatic rings. The van der Waals surface area contributed by atoms with Crippen LogP contribution in [0.1, 0.15) is 26.3 Å². The van der Waals surface area contributed by atoms with Crippen molar-refractivity contribution in [2.45, 2.75) is 33.2 Å². The number of nitro benzene ring substituents is 1. The summed E-state index contributed by atoms with van der Waals surface area (Å²) in [6, 6.07) is 2.55. The highest BCUT2D eigenvalue weighted by Gasteiger charge is 2.18. The summed E-state index contributed by atoms with van der Waals surface area (Å²) in [7, 11) is 0. The molecule has 0 aromatic heterocycles. The van der Waals surface area contributed by atoms with Gasteiger partial charge in [-0.25, -0.2) is 4.39 Å². The molecule has 0 heterocycles. The SMILES string of the molecule is CCc1cc(NC(C)C)c([N+](=O)[O-])cc1F. The maximum atomic E-state index is 13.4. The summed E-state index contributed by atoms with van der Waals surface area (Å²) < 4.78 is 13.4. The molecule has 0 saturated carbocycles. The van der Waals surface area contributed by atoms with E-state index in [1.807, 2.05) is 20.8 Å². The van der Waals surface area contributed by atoms with Gasteiger partial charge in [0.1, 0.15) is 11.5 Å². The maximum absolute atomic E-state index is 13.4. The van der Waals surface area contributed by atoms with Crippen molar-refractivity contribution in [2.24, 2.45) is 0 Å². The summed E-state index contributed by atoms with van der Waals surface area (Å²) in [5.74, 6) is -0.525. The number of rotatable bonds is 4. The third kappa shape index (κ3) is 2.68. The molecule has 0 fully saturated rings. The maximum Gasteiger partial charge on any atom is 0.295 e. The molecular weight excluding hydrogens is 211 g/mol. The van der Waals surface area contributed by atoms with Crippen LogP contribution in [0, 0.1) is 15.9 Å². The molecule has 0 radical (unpaired) electrons. The van der Waals surface area contributed by atoms with Crippen LogP contribution in [-0.4, -0.2) is 11.0 Å². The summed E-state index contributed by atoms with van der Waals surface area (Å²) in [5.41, 5.74) is 0.635. The van der Waals surface area contributed by atoms with Crippen molar-refractivity contribution in [1.82, 2.24) is 0 Å². The van der Waals surface area contributed by atoms with E-state index in [1.54, 1.807) is 0 Å². The van der Waals surface area contributed by atoms with E-state index in [4.69, 9.17) is 0 Å². The van der Waals surface area contributed by atoms with E-state index in [0.29, 0.717) is 17.7 Å². The van der Waals surface area contributed by atoms with Crippen molar-refractivity contribution >= 4 is 11.4 Å². The number of anilines is 1. The summed E-state index contributed by atoms with van der Waals surface area (Å²) in [4.78, 5) is 10.2. The summed E-state index contributed by atoms with van der Waals surface area (Å²) >= 11 is 0. The largest absolute Gasteiger partial charge is 0.377 e. The summed E-state index contributed by atoms with van der Waals surface area (Å²) in [5, 5.41) is 13.7. The van der Waals surface area contributed by atoms with Gasteiger partial charge in [0.05, 0.1) is 11.0 Å². The fourth-order valence-corrected chi connectivity index (χ4v) is 1.46. The Morgan fingerprint density at radius 1 is 1.50 bits per heavy atom. The van der Waals surface area contributed by atoms with E-state index in [0.717, 1.165) is 6.07 Å². The number of hydrogen-bond acceptors (Lipinski definition) is 3. The van der Waals surface area contributed by atoms with E-state index in [-0.39, 0.29) is 11.7 Å². The third-order valence-corrected chi connectivity index (χ3v) is 2.19. The topological polar surface area (TPSA) is 55.2 Å². The van der Waals surface area contributed by atoms with Gasteiger partial charge in [0.2, 0.25) is 0 Å². The van der Waals surface area contributed by atoms with Crippen LogP contribution >= 0.6 is 0 Å². The number of aryl methyl sites for hydroxylation is 1. The lowest BCUT2D eigenvalue weighted by Gasteiger charge is -2.12. The van der Waals surface area contributed by atoms with Gasteiger partial charge in [0, 0.05) is 6.04 Å². The molecule has 0 unspecified atom stereocenters. The Hall–Kier alpha value is -1.65. The van der Waals surface area contributed by atoms with Crippen LogP contribution in [0.2, 0.25) is 0 Å². The van der Waals surface area contributed by atoms with Crippen molar-refractivity contribution in [2.75, 3.05) is 5.32 Å². The smallest absolute Gasteiger partial charge is 0.295 e. The fourth-order valence-electron chi connectivity index (χ4n) is 1.46. The number of nitro groups is 1. The lowest BCUT2D eigenvalue weighted by Crippen LogP contribution is -2.12. The predicted molar refractivity (Wildman–Crippen MR) is 61.2 cm³/mol. The van der Waals surface area contributed by atoms with Crippen molar-refractivity contribution < 1.29 is 9.31 Å². The van der Waals surface area contributed by atoms with Crippen LogP contribution in [0.3, 0.4) is 0 Å². The highest BCUT2D eigenvalue weighted by atomic mass is 19.1. The molecule has 0 amide bonds. The molecule has 1 N–H and O–H groups in total. The van der Waals surface area contributed by atoms with Gasteiger partial charge in [-0.15, -0.1) is 0 Å². The lowest BCUT2D eigenvalue weighted by molar-refractivity contribution is -0.384. The van der Waals surface area contributed by atoms with Crippen LogP contribution in [0.15, 0.2) is 12.1 Å². The second-order valence-electron chi connectivity index (χ2n) is 3.87. The molecule has 0 aliphatic heterocycles. The zero-order valence-electron chi connectivity index (χ0n) is 9.58. The van der Waals surface area contributed by atoms with E-state index in [2.05, 4.69) is 5.32 Å². The first kappa shape index (κ1) is 12.4. The van der Waals surface area contributed by atoms with Crippen molar-refractivity contribution in [3.05, 3.63) is 33.6 Å². The highest BCUT2D eigenvalue weighted by Crippen LogP contribution is 2.28. The van der Waals surface area contributed by atoms with Gasteiger partial charge in [-0.2, -0.15) is 0 Å². The summed E-state index contributed by atoms with van der Waals surface area (Å²) in [6.07, 6.45) is 0.511. The monoisotopic (exact) mass is 226 g/mol. The molecule has 1 aromatic carbocycles. The third-order valence-electron chi connectivity index (χ3n) is 2.19. The Balaban J connectivity index is 3.25. The number of nitrogens with one attached hydrogen (secondary N) is 1. The van der Waals surface area contributed by atoms with Gasteiger partial charge in [0.25, 0.3) is 5.69 Å². The Bertz CT molecular complexity index is 405. The Morgan fingerprint density at radius 2 is 2.12 bits per heavy atom. The van der Waals surface area contributed by atoms with Gasteiger partial charge in [-0.3, -0.25) is 10.1 Å². The Labute approximate surface area is 93.6 Å². The first-order valence-electron chi connectivity index (χ1n) is 5.19. The van der Waals surface area contributed by atoms with Crippen LogP contribution < -0.4 is 5.32 Å². The van der Waals surface area contributed by atoms with E-state index >= 15 is 0 Å².